The SMILES string of the molecule is COC(=O)C(C)CNCCCS(C)(=O)=O. The molecule has 0 bridgehead atoms. The standard InChI is InChI=1S/C9H19NO4S/c1-8(9(11)14-2)7-10-5-4-6-15(3,12)13/h8,10H,4-7H2,1-3H3. The number of carbonyl (C=O) groups is 1. The number of ether oxygens (including phenoxy) is 1. The summed E-state index contributed by atoms with van der Waals surface area (Å²) in [6.45, 7) is 2.86. The van der Waals surface area contributed by atoms with E-state index in [4.69, 9.17) is 0 Å². The van der Waals surface area contributed by atoms with Gasteiger partial charge in [-0.15, -0.1) is 0 Å². The van der Waals surface area contributed by atoms with Gasteiger partial charge in [0.25, 0.3) is 0 Å². The Balaban J connectivity index is 3.51. The molecule has 0 heterocycles. The lowest BCUT2D eigenvalue weighted by atomic mass is 10.2. The average Bonchev–Trinajstić information content (AvgIpc) is 2.14. The molecular weight excluding hydrogens is 218 g/mol. The Hall–Kier alpha value is -0.620. The van der Waals surface area contributed by atoms with Crippen molar-refractivity contribution in [3.63, 3.8) is 0 Å². The zero-order chi connectivity index (χ0) is 11.9. The molecule has 0 spiro atoms. The first-order valence-corrected chi connectivity index (χ1v) is 6.89. The molecule has 1 unspecified atom stereocenters. The maximum Gasteiger partial charge on any atom is 0.309 e. The highest BCUT2D eigenvalue weighted by atomic mass is 32.2. The van der Waals surface area contributed by atoms with Crippen molar-refractivity contribution >= 4 is 15.8 Å². The summed E-state index contributed by atoms with van der Waals surface area (Å²) in [6, 6.07) is 0. The van der Waals surface area contributed by atoms with Crippen molar-refractivity contribution in [2.45, 2.75) is 13.3 Å². The number of carbonyl (C=O) groups excluding carboxylic acids is 1. The number of rotatable bonds is 7. The van der Waals surface area contributed by atoms with E-state index < -0.39 is 9.84 Å². The van der Waals surface area contributed by atoms with E-state index in [9.17, 15) is 13.2 Å². The highest BCUT2D eigenvalue weighted by Crippen LogP contribution is 1.95. The van der Waals surface area contributed by atoms with Crippen molar-refractivity contribution in [2.24, 2.45) is 5.92 Å². The topological polar surface area (TPSA) is 72.5 Å². The van der Waals surface area contributed by atoms with Crippen molar-refractivity contribution in [3.8, 4) is 0 Å². The summed E-state index contributed by atoms with van der Waals surface area (Å²) < 4.78 is 26.1. The summed E-state index contributed by atoms with van der Waals surface area (Å²) in [5.74, 6) is -0.286. The first-order chi connectivity index (χ1) is 6.87. The van der Waals surface area contributed by atoms with Gasteiger partial charge in [0.15, 0.2) is 0 Å². The third kappa shape index (κ3) is 8.38. The summed E-state index contributed by atoms with van der Waals surface area (Å²) in [6.07, 6.45) is 1.77. The average molecular weight is 237 g/mol. The molecule has 5 nitrogen and oxygen atoms in total. The molecule has 0 aliphatic heterocycles. The molecule has 0 rings (SSSR count). The molecule has 0 saturated carbocycles. The molecule has 15 heavy (non-hydrogen) atoms. The van der Waals surface area contributed by atoms with E-state index in [2.05, 4.69) is 10.1 Å². The van der Waals surface area contributed by atoms with Gasteiger partial charge >= 0.3 is 5.97 Å². The zero-order valence-electron chi connectivity index (χ0n) is 9.45. The Kier molecular flexibility index (Phi) is 6.51. The number of hydrogen-bond acceptors (Lipinski definition) is 5. The molecule has 0 radical (unpaired) electrons. The molecule has 90 valence electrons. The maximum atomic E-state index is 11.0. The van der Waals surface area contributed by atoms with Gasteiger partial charge in [-0.2, -0.15) is 0 Å². The minimum Gasteiger partial charge on any atom is -0.469 e. The van der Waals surface area contributed by atoms with Gasteiger partial charge in [-0.1, -0.05) is 6.92 Å². The highest BCUT2D eigenvalue weighted by Gasteiger charge is 2.11. The van der Waals surface area contributed by atoms with Gasteiger partial charge in [0, 0.05) is 12.8 Å². The fraction of sp³-hybridized carbons (Fsp3) is 0.889. The van der Waals surface area contributed by atoms with Crippen LogP contribution in [-0.4, -0.2) is 46.6 Å². The smallest absolute Gasteiger partial charge is 0.309 e. The fourth-order valence-corrected chi connectivity index (χ4v) is 1.73. The summed E-state index contributed by atoms with van der Waals surface area (Å²) in [7, 11) is -1.53. The second-order valence-electron chi connectivity index (χ2n) is 3.61. The van der Waals surface area contributed by atoms with E-state index in [0.717, 1.165) is 0 Å². The van der Waals surface area contributed by atoms with Gasteiger partial charge in [-0.05, 0) is 13.0 Å². The van der Waals surface area contributed by atoms with Crippen molar-refractivity contribution in [2.75, 3.05) is 32.2 Å². The van der Waals surface area contributed by atoms with Gasteiger partial charge in [0.1, 0.15) is 9.84 Å². The monoisotopic (exact) mass is 237 g/mol. The Morgan fingerprint density at radius 3 is 2.53 bits per heavy atom. The molecule has 0 amide bonds. The summed E-state index contributed by atoms with van der Waals surface area (Å²) >= 11 is 0. The molecule has 1 atom stereocenters. The van der Waals surface area contributed by atoms with Crippen molar-refractivity contribution in [1.82, 2.24) is 5.32 Å². The second kappa shape index (κ2) is 6.79. The lowest BCUT2D eigenvalue weighted by molar-refractivity contribution is -0.144. The molecular formula is C9H19NO4S. The lowest BCUT2D eigenvalue weighted by Gasteiger charge is -2.09. The predicted octanol–water partition coefficient (Wildman–Crippen LogP) is -0.180. The summed E-state index contributed by atoms with van der Waals surface area (Å²) in [5.41, 5.74) is 0. The van der Waals surface area contributed by atoms with Gasteiger partial charge < -0.3 is 10.1 Å². The molecule has 0 saturated heterocycles. The molecule has 0 fully saturated rings. The summed E-state index contributed by atoms with van der Waals surface area (Å²) in [5, 5.41) is 3.01. The third-order valence-electron chi connectivity index (χ3n) is 1.92. The number of sulfone groups is 1. The normalized spacial score (nSPS) is 13.5. The van der Waals surface area contributed by atoms with Crippen LogP contribution in [-0.2, 0) is 19.4 Å². The van der Waals surface area contributed by atoms with Crippen LogP contribution in [0.2, 0.25) is 0 Å². The Morgan fingerprint density at radius 2 is 2.07 bits per heavy atom. The Morgan fingerprint density at radius 1 is 1.47 bits per heavy atom. The predicted molar refractivity (Wildman–Crippen MR) is 58.4 cm³/mol. The van der Waals surface area contributed by atoms with Gasteiger partial charge in [0.2, 0.25) is 0 Å². The molecule has 0 aromatic heterocycles. The van der Waals surface area contributed by atoms with Crippen LogP contribution in [0.25, 0.3) is 0 Å². The van der Waals surface area contributed by atoms with Crippen LogP contribution in [0.5, 0.6) is 0 Å². The lowest BCUT2D eigenvalue weighted by Crippen LogP contribution is -2.28. The van der Waals surface area contributed by atoms with Crippen LogP contribution in [0, 0.1) is 5.92 Å². The van der Waals surface area contributed by atoms with Crippen molar-refractivity contribution in [3.05, 3.63) is 0 Å². The first-order valence-electron chi connectivity index (χ1n) is 4.83. The third-order valence-corrected chi connectivity index (χ3v) is 2.95. The van der Waals surface area contributed by atoms with Crippen LogP contribution >= 0.6 is 0 Å². The molecule has 0 aromatic carbocycles. The van der Waals surface area contributed by atoms with Crippen LogP contribution in [0.15, 0.2) is 0 Å². The van der Waals surface area contributed by atoms with E-state index in [0.29, 0.717) is 19.5 Å². The molecule has 6 heteroatoms. The first kappa shape index (κ1) is 14.4. The van der Waals surface area contributed by atoms with Gasteiger partial charge in [-0.3, -0.25) is 4.79 Å². The van der Waals surface area contributed by atoms with E-state index in [1.807, 2.05) is 0 Å². The minimum atomic E-state index is -2.88. The minimum absolute atomic E-state index is 0.173. The molecule has 0 aliphatic carbocycles. The van der Waals surface area contributed by atoms with Crippen LogP contribution in [0.3, 0.4) is 0 Å². The molecule has 0 aliphatic rings. The van der Waals surface area contributed by atoms with Gasteiger partial charge in [-0.25, -0.2) is 8.42 Å². The Bertz CT molecular complexity index is 286. The number of esters is 1. The number of nitrogens with one attached hydrogen (secondary N) is 1. The molecule has 0 aromatic rings. The van der Waals surface area contributed by atoms with E-state index in [1.54, 1.807) is 6.92 Å². The van der Waals surface area contributed by atoms with Crippen molar-refractivity contribution in [1.29, 1.82) is 0 Å². The fourth-order valence-electron chi connectivity index (χ4n) is 1.06. The largest absolute Gasteiger partial charge is 0.469 e. The van der Waals surface area contributed by atoms with Crippen LogP contribution in [0.4, 0.5) is 0 Å². The van der Waals surface area contributed by atoms with Crippen molar-refractivity contribution < 1.29 is 17.9 Å². The van der Waals surface area contributed by atoms with Crippen LogP contribution in [0.1, 0.15) is 13.3 Å². The maximum absolute atomic E-state index is 11.0. The molecule has 1 N–H and O–H groups in total. The van der Waals surface area contributed by atoms with E-state index in [1.165, 1.54) is 13.4 Å². The summed E-state index contributed by atoms with van der Waals surface area (Å²) in [4.78, 5) is 11.0. The highest BCUT2D eigenvalue weighted by molar-refractivity contribution is 7.90. The quantitative estimate of drug-likeness (QED) is 0.491. The van der Waals surface area contributed by atoms with Crippen LogP contribution < -0.4 is 5.32 Å². The second-order valence-corrected chi connectivity index (χ2v) is 5.87. The number of hydrogen-bond donors (Lipinski definition) is 1. The number of methoxy groups -OCH3 is 1. The zero-order valence-corrected chi connectivity index (χ0v) is 10.3. The van der Waals surface area contributed by atoms with E-state index in [-0.39, 0.29) is 17.6 Å². The Labute approximate surface area is 91.1 Å². The van der Waals surface area contributed by atoms with Gasteiger partial charge in [0.05, 0.1) is 18.8 Å². The van der Waals surface area contributed by atoms with E-state index >= 15 is 0 Å².